The third kappa shape index (κ3) is 5.22. The van der Waals surface area contributed by atoms with Gasteiger partial charge < -0.3 is 11.1 Å². The summed E-state index contributed by atoms with van der Waals surface area (Å²) in [5.74, 6) is 3.48. The van der Waals surface area contributed by atoms with Crippen LogP contribution in [-0.4, -0.2) is 39.9 Å². The summed E-state index contributed by atoms with van der Waals surface area (Å²) in [6.45, 7) is 1.09. The second-order valence-corrected chi connectivity index (χ2v) is 6.58. The summed E-state index contributed by atoms with van der Waals surface area (Å²) in [6, 6.07) is 3.47. The van der Waals surface area contributed by atoms with Crippen molar-refractivity contribution in [1.82, 2.24) is 10.3 Å². The van der Waals surface area contributed by atoms with Gasteiger partial charge in [0.2, 0.25) is 0 Å². The highest BCUT2D eigenvalue weighted by Crippen LogP contribution is 2.23. The Bertz CT molecular complexity index is 414. The number of pyridine rings is 1. The predicted octanol–water partition coefficient (Wildman–Crippen LogP) is 1.54. The third-order valence-electron chi connectivity index (χ3n) is 2.66. The minimum Gasteiger partial charge on any atom is -0.351 e. The van der Waals surface area contributed by atoms with Crippen molar-refractivity contribution in [3.05, 3.63) is 29.6 Å². The molecule has 1 unspecified atom stereocenters. The minimum absolute atomic E-state index is 0. The van der Waals surface area contributed by atoms with E-state index < -0.39 is 0 Å². The molecular weight excluding hydrogens is 302 g/mol. The van der Waals surface area contributed by atoms with E-state index in [9.17, 15) is 4.79 Å². The van der Waals surface area contributed by atoms with Gasteiger partial charge in [-0.3, -0.25) is 9.78 Å². The molecule has 1 aromatic rings. The second kappa shape index (κ2) is 8.68. The first-order valence-corrected chi connectivity index (χ1v) is 8.12. The first kappa shape index (κ1) is 16.6. The normalized spacial score (nSPS) is 18.5. The van der Waals surface area contributed by atoms with Crippen LogP contribution in [0.3, 0.4) is 0 Å². The quantitative estimate of drug-likeness (QED) is 0.881. The molecule has 1 aliphatic heterocycles. The smallest absolute Gasteiger partial charge is 0.251 e. The van der Waals surface area contributed by atoms with E-state index in [4.69, 9.17) is 5.73 Å². The number of amides is 1. The van der Waals surface area contributed by atoms with Crippen molar-refractivity contribution >= 4 is 41.8 Å². The second-order valence-electron chi connectivity index (χ2n) is 4.02. The average Bonchev–Trinajstić information content (AvgIpc) is 2.46. The SMILES string of the molecule is Cl.NCc1cc(C(=O)NCC2CSCCS2)ccn1. The lowest BCUT2D eigenvalue weighted by molar-refractivity contribution is 0.0954. The zero-order valence-corrected chi connectivity index (χ0v) is 13.0. The van der Waals surface area contributed by atoms with Crippen LogP contribution in [0.15, 0.2) is 18.3 Å². The summed E-state index contributed by atoms with van der Waals surface area (Å²) >= 11 is 3.90. The summed E-state index contributed by atoms with van der Waals surface area (Å²) < 4.78 is 0. The molecule has 0 aromatic carbocycles. The van der Waals surface area contributed by atoms with Gasteiger partial charge in [0.1, 0.15) is 0 Å². The highest BCUT2D eigenvalue weighted by molar-refractivity contribution is 8.06. The Morgan fingerprint density at radius 3 is 3.05 bits per heavy atom. The van der Waals surface area contributed by atoms with Gasteiger partial charge in [0.05, 0.1) is 5.69 Å². The first-order chi connectivity index (χ1) is 8.79. The van der Waals surface area contributed by atoms with Crippen LogP contribution in [0, 0.1) is 0 Å². The van der Waals surface area contributed by atoms with Crippen LogP contribution in [0.2, 0.25) is 0 Å². The topological polar surface area (TPSA) is 68.0 Å². The van der Waals surface area contributed by atoms with E-state index in [2.05, 4.69) is 10.3 Å². The highest BCUT2D eigenvalue weighted by Gasteiger charge is 2.15. The van der Waals surface area contributed by atoms with Gasteiger partial charge in [0.25, 0.3) is 5.91 Å². The highest BCUT2D eigenvalue weighted by atomic mass is 35.5. The van der Waals surface area contributed by atoms with Gasteiger partial charge in [-0.05, 0) is 12.1 Å². The Labute approximate surface area is 128 Å². The number of aromatic nitrogens is 1. The predicted molar refractivity (Wildman–Crippen MR) is 85.3 cm³/mol. The summed E-state index contributed by atoms with van der Waals surface area (Å²) in [7, 11) is 0. The van der Waals surface area contributed by atoms with E-state index in [1.807, 2.05) is 23.5 Å². The molecule has 1 aliphatic rings. The van der Waals surface area contributed by atoms with Crippen molar-refractivity contribution in [3.63, 3.8) is 0 Å². The fourth-order valence-corrected chi connectivity index (χ4v) is 4.31. The number of nitrogens with one attached hydrogen (secondary N) is 1. The van der Waals surface area contributed by atoms with Crippen molar-refractivity contribution in [2.45, 2.75) is 11.8 Å². The van der Waals surface area contributed by atoms with Crippen molar-refractivity contribution < 1.29 is 4.79 Å². The van der Waals surface area contributed by atoms with Crippen LogP contribution >= 0.6 is 35.9 Å². The fraction of sp³-hybridized carbons (Fsp3) is 0.500. The van der Waals surface area contributed by atoms with Crippen molar-refractivity contribution in [1.29, 1.82) is 0 Å². The van der Waals surface area contributed by atoms with Crippen molar-refractivity contribution in [2.75, 3.05) is 23.8 Å². The van der Waals surface area contributed by atoms with Crippen LogP contribution in [0.5, 0.6) is 0 Å². The summed E-state index contributed by atoms with van der Waals surface area (Å²) in [5, 5.41) is 3.51. The number of carbonyl (C=O) groups excluding carboxylic acids is 1. The molecular formula is C12H18ClN3OS2. The first-order valence-electron chi connectivity index (χ1n) is 5.92. The third-order valence-corrected chi connectivity index (χ3v) is 5.51. The van der Waals surface area contributed by atoms with Crippen LogP contribution in [0.4, 0.5) is 0 Å². The number of nitrogens with zero attached hydrogens (tertiary/aromatic N) is 1. The lowest BCUT2D eigenvalue weighted by atomic mass is 10.2. The van der Waals surface area contributed by atoms with E-state index in [1.54, 1.807) is 18.3 Å². The number of rotatable bonds is 4. The molecule has 0 spiro atoms. The molecule has 2 rings (SSSR count). The Kier molecular flexibility index (Phi) is 7.60. The van der Waals surface area contributed by atoms with E-state index in [-0.39, 0.29) is 18.3 Å². The Morgan fingerprint density at radius 2 is 2.37 bits per heavy atom. The van der Waals surface area contributed by atoms with Crippen molar-refractivity contribution in [2.24, 2.45) is 5.73 Å². The number of carbonyl (C=O) groups is 1. The molecule has 1 atom stereocenters. The maximum atomic E-state index is 12.0. The zero-order chi connectivity index (χ0) is 12.8. The monoisotopic (exact) mass is 319 g/mol. The number of hydrogen-bond acceptors (Lipinski definition) is 5. The lowest BCUT2D eigenvalue weighted by Crippen LogP contribution is -2.33. The van der Waals surface area contributed by atoms with E-state index >= 15 is 0 Å². The number of hydrogen-bond donors (Lipinski definition) is 2. The van der Waals surface area contributed by atoms with Gasteiger partial charge >= 0.3 is 0 Å². The largest absolute Gasteiger partial charge is 0.351 e. The van der Waals surface area contributed by atoms with Gasteiger partial charge in [0.15, 0.2) is 0 Å². The van der Waals surface area contributed by atoms with Crippen molar-refractivity contribution in [3.8, 4) is 0 Å². The molecule has 106 valence electrons. The summed E-state index contributed by atoms with van der Waals surface area (Å²) in [4.78, 5) is 16.0. The minimum atomic E-state index is -0.0386. The van der Waals surface area contributed by atoms with Crippen LogP contribution in [0.1, 0.15) is 16.1 Å². The molecule has 2 heterocycles. The van der Waals surface area contributed by atoms with Crippen LogP contribution < -0.4 is 11.1 Å². The van der Waals surface area contributed by atoms with Gasteiger partial charge in [-0.15, -0.1) is 12.4 Å². The van der Waals surface area contributed by atoms with Crippen LogP contribution in [-0.2, 0) is 6.54 Å². The fourth-order valence-electron chi connectivity index (χ4n) is 1.69. The molecule has 1 saturated heterocycles. The molecule has 0 radical (unpaired) electrons. The number of nitrogens with two attached hydrogens (primary N) is 1. The summed E-state index contributed by atoms with van der Waals surface area (Å²) in [5.41, 5.74) is 6.89. The Balaban J connectivity index is 0.00000180. The molecule has 1 amide bonds. The maximum Gasteiger partial charge on any atom is 0.251 e. The summed E-state index contributed by atoms with van der Waals surface area (Å²) in [6.07, 6.45) is 1.63. The lowest BCUT2D eigenvalue weighted by Gasteiger charge is -2.21. The van der Waals surface area contributed by atoms with E-state index in [0.717, 1.165) is 18.0 Å². The van der Waals surface area contributed by atoms with Gasteiger partial charge in [0, 0.05) is 47.4 Å². The molecule has 3 N–H and O–H groups in total. The Hall–Kier alpha value is -0.430. The van der Waals surface area contributed by atoms with Crippen LogP contribution in [0.25, 0.3) is 0 Å². The molecule has 7 heteroatoms. The standard InChI is InChI=1S/C12H17N3OS2.ClH/c13-6-10-5-9(1-2-14-10)12(16)15-7-11-8-17-3-4-18-11;/h1-2,5,11H,3-4,6-8,13H2,(H,15,16);1H. The van der Waals surface area contributed by atoms with E-state index in [0.29, 0.717) is 17.4 Å². The van der Waals surface area contributed by atoms with Gasteiger partial charge in [-0.1, -0.05) is 0 Å². The molecule has 0 bridgehead atoms. The molecule has 1 fully saturated rings. The Morgan fingerprint density at radius 1 is 1.53 bits per heavy atom. The average molecular weight is 320 g/mol. The van der Waals surface area contributed by atoms with E-state index in [1.165, 1.54) is 11.5 Å². The molecule has 0 aliphatic carbocycles. The zero-order valence-electron chi connectivity index (χ0n) is 10.5. The maximum absolute atomic E-state index is 12.0. The molecule has 0 saturated carbocycles. The molecule has 19 heavy (non-hydrogen) atoms. The van der Waals surface area contributed by atoms with Gasteiger partial charge in [-0.25, -0.2) is 0 Å². The number of thioether (sulfide) groups is 2. The number of halogens is 1. The van der Waals surface area contributed by atoms with Gasteiger partial charge in [-0.2, -0.15) is 23.5 Å². The molecule has 1 aromatic heterocycles. The molecule has 4 nitrogen and oxygen atoms in total.